The van der Waals surface area contributed by atoms with Gasteiger partial charge in [-0.25, -0.2) is 0 Å². The Labute approximate surface area is 165 Å². The van der Waals surface area contributed by atoms with Crippen LogP contribution in [-0.4, -0.2) is 0 Å². The summed E-state index contributed by atoms with van der Waals surface area (Å²) in [5, 5.41) is 5.45. The van der Waals surface area contributed by atoms with E-state index in [1.165, 1.54) is 49.4 Å². The molecule has 0 heteroatoms. The highest BCUT2D eigenvalue weighted by Gasteiger charge is 2.44. The molecule has 132 valence electrons. The number of aryl methyl sites for hydroxylation is 1. The second-order valence-electron chi connectivity index (χ2n) is 7.86. The Bertz CT molecular complexity index is 1300. The van der Waals surface area contributed by atoms with E-state index in [1.807, 2.05) is 0 Å². The van der Waals surface area contributed by atoms with Crippen molar-refractivity contribution in [3.05, 3.63) is 131 Å². The minimum atomic E-state index is -0.282. The van der Waals surface area contributed by atoms with Crippen LogP contribution in [0.2, 0.25) is 0 Å². The van der Waals surface area contributed by atoms with Crippen molar-refractivity contribution in [1.29, 1.82) is 0 Å². The van der Waals surface area contributed by atoms with Gasteiger partial charge >= 0.3 is 0 Å². The van der Waals surface area contributed by atoms with E-state index in [0.717, 1.165) is 0 Å². The van der Waals surface area contributed by atoms with Gasteiger partial charge in [0.1, 0.15) is 0 Å². The monoisotopic (exact) mass is 356 g/mol. The molecule has 0 nitrogen and oxygen atoms in total. The quantitative estimate of drug-likeness (QED) is 0.293. The first-order valence-corrected chi connectivity index (χ1v) is 9.88. The lowest BCUT2D eigenvalue weighted by Gasteiger charge is -2.34. The summed E-state index contributed by atoms with van der Waals surface area (Å²) >= 11 is 0. The zero-order valence-electron chi connectivity index (χ0n) is 15.8. The van der Waals surface area contributed by atoms with E-state index in [1.54, 1.807) is 0 Å². The third-order valence-corrected chi connectivity index (χ3v) is 6.35. The molecule has 0 N–H and O–H groups in total. The second-order valence-corrected chi connectivity index (χ2v) is 7.86. The molecule has 1 aliphatic rings. The summed E-state index contributed by atoms with van der Waals surface area (Å²) in [7, 11) is 0. The molecule has 0 unspecified atom stereocenters. The predicted molar refractivity (Wildman–Crippen MR) is 118 cm³/mol. The number of rotatable bonds is 2. The van der Waals surface area contributed by atoms with Gasteiger partial charge in [0, 0.05) is 0 Å². The summed E-state index contributed by atoms with van der Waals surface area (Å²) in [5.41, 5.74) is 6.48. The zero-order valence-corrected chi connectivity index (χ0v) is 15.8. The molecule has 6 rings (SSSR count). The molecular weight excluding hydrogens is 336 g/mol. The number of hydrogen-bond donors (Lipinski definition) is 0. The van der Waals surface area contributed by atoms with Gasteiger partial charge in [0.2, 0.25) is 0 Å². The van der Waals surface area contributed by atoms with E-state index < -0.39 is 0 Å². The molecule has 0 saturated heterocycles. The highest BCUT2D eigenvalue weighted by molar-refractivity contribution is 6.16. The highest BCUT2D eigenvalue weighted by Crippen LogP contribution is 2.55. The molecule has 0 heterocycles. The Morgan fingerprint density at radius 3 is 1.68 bits per heavy atom. The summed E-state index contributed by atoms with van der Waals surface area (Å²) in [6, 6.07) is 38.1. The summed E-state index contributed by atoms with van der Waals surface area (Å²) in [6.07, 6.45) is 0. The second kappa shape index (κ2) is 5.56. The van der Waals surface area contributed by atoms with Crippen LogP contribution in [0.25, 0.3) is 21.5 Å². The molecule has 0 aliphatic heterocycles. The topological polar surface area (TPSA) is 0 Å². The Kier molecular flexibility index (Phi) is 3.11. The van der Waals surface area contributed by atoms with Crippen molar-refractivity contribution < 1.29 is 0 Å². The summed E-state index contributed by atoms with van der Waals surface area (Å²) in [4.78, 5) is 0. The molecular formula is C28H20. The average Bonchev–Trinajstić information content (AvgIpc) is 3.06. The number of hydrogen-bond acceptors (Lipinski definition) is 0. The van der Waals surface area contributed by atoms with E-state index in [0.29, 0.717) is 0 Å². The highest BCUT2D eigenvalue weighted by atomic mass is 14.5. The summed E-state index contributed by atoms with van der Waals surface area (Å²) in [6.45, 7) is 2.19. The van der Waals surface area contributed by atoms with Crippen LogP contribution in [0.5, 0.6) is 0 Å². The van der Waals surface area contributed by atoms with Gasteiger partial charge in [-0.2, -0.15) is 0 Å². The van der Waals surface area contributed by atoms with Crippen molar-refractivity contribution in [2.75, 3.05) is 0 Å². The van der Waals surface area contributed by atoms with Gasteiger partial charge in [0.05, 0.1) is 5.41 Å². The van der Waals surface area contributed by atoms with Gasteiger partial charge in [-0.15, -0.1) is 0 Å². The molecule has 0 radical (unpaired) electrons. The van der Waals surface area contributed by atoms with Crippen molar-refractivity contribution in [2.24, 2.45) is 0 Å². The molecule has 0 fully saturated rings. The molecule has 0 amide bonds. The fourth-order valence-corrected chi connectivity index (χ4v) is 5.28. The molecule has 0 bridgehead atoms. The van der Waals surface area contributed by atoms with Crippen molar-refractivity contribution in [3.8, 4) is 0 Å². The van der Waals surface area contributed by atoms with Gasteiger partial charge in [-0.05, 0) is 50.7 Å². The maximum atomic E-state index is 2.36. The van der Waals surface area contributed by atoms with Crippen LogP contribution in [0.4, 0.5) is 0 Å². The predicted octanol–water partition coefficient (Wildman–Crippen LogP) is 7.00. The molecule has 5 aromatic rings. The SMILES string of the molecule is Cc1cccc(C2(c3ccccc3)c3cccc4ccc5cccc2c5c34)c1. The minimum Gasteiger partial charge on any atom is -0.0622 e. The fourth-order valence-electron chi connectivity index (χ4n) is 5.28. The normalized spacial score (nSPS) is 14.2. The lowest BCUT2D eigenvalue weighted by molar-refractivity contribution is 0.770. The third-order valence-electron chi connectivity index (χ3n) is 6.35. The van der Waals surface area contributed by atoms with E-state index in [2.05, 4.69) is 110 Å². The maximum absolute atomic E-state index is 2.36. The first-order valence-electron chi connectivity index (χ1n) is 9.88. The minimum absolute atomic E-state index is 0.282. The lowest BCUT2D eigenvalue weighted by atomic mass is 9.67. The summed E-state index contributed by atoms with van der Waals surface area (Å²) < 4.78 is 0. The van der Waals surface area contributed by atoms with Gasteiger partial charge in [-0.3, -0.25) is 0 Å². The van der Waals surface area contributed by atoms with Crippen LogP contribution in [0.15, 0.2) is 103 Å². The van der Waals surface area contributed by atoms with Crippen molar-refractivity contribution in [1.82, 2.24) is 0 Å². The van der Waals surface area contributed by atoms with Gasteiger partial charge in [0.15, 0.2) is 0 Å². The molecule has 0 atom stereocenters. The van der Waals surface area contributed by atoms with Crippen LogP contribution >= 0.6 is 0 Å². The Balaban J connectivity index is 1.89. The van der Waals surface area contributed by atoms with Crippen molar-refractivity contribution >= 4 is 21.5 Å². The maximum Gasteiger partial charge on any atom is 0.0714 e. The third kappa shape index (κ3) is 1.85. The first kappa shape index (κ1) is 15.7. The molecule has 0 aromatic heterocycles. The smallest absolute Gasteiger partial charge is 0.0622 e. The lowest BCUT2D eigenvalue weighted by Crippen LogP contribution is -2.28. The largest absolute Gasteiger partial charge is 0.0714 e. The van der Waals surface area contributed by atoms with E-state index >= 15 is 0 Å². The van der Waals surface area contributed by atoms with Crippen molar-refractivity contribution in [3.63, 3.8) is 0 Å². The standard InChI is InChI=1S/C28H20/c1-19-8-5-13-23(18-19)28(22-11-3-2-4-12-22)24-14-6-9-20-16-17-21-10-7-15-25(28)27(21)26(20)24/h2-18H,1H3. The Morgan fingerprint density at radius 1 is 0.500 bits per heavy atom. The van der Waals surface area contributed by atoms with Crippen LogP contribution in [0.3, 0.4) is 0 Å². The van der Waals surface area contributed by atoms with E-state index in [4.69, 9.17) is 0 Å². The molecule has 1 aliphatic carbocycles. The molecule has 5 aromatic carbocycles. The van der Waals surface area contributed by atoms with E-state index in [9.17, 15) is 0 Å². The molecule has 0 spiro atoms. The van der Waals surface area contributed by atoms with Crippen LogP contribution < -0.4 is 0 Å². The Hall–Kier alpha value is -3.38. The number of benzene rings is 5. The average molecular weight is 356 g/mol. The Morgan fingerprint density at radius 2 is 1.07 bits per heavy atom. The van der Waals surface area contributed by atoms with Gasteiger partial charge in [-0.1, -0.05) is 109 Å². The summed E-state index contributed by atoms with van der Waals surface area (Å²) in [5.74, 6) is 0. The molecule has 28 heavy (non-hydrogen) atoms. The van der Waals surface area contributed by atoms with Crippen LogP contribution in [0, 0.1) is 6.92 Å². The van der Waals surface area contributed by atoms with Crippen LogP contribution in [-0.2, 0) is 5.41 Å². The zero-order chi connectivity index (χ0) is 18.7. The molecule has 0 saturated carbocycles. The van der Waals surface area contributed by atoms with Crippen LogP contribution in [0.1, 0.15) is 27.8 Å². The van der Waals surface area contributed by atoms with E-state index in [-0.39, 0.29) is 5.41 Å². The fraction of sp³-hybridized carbons (Fsp3) is 0.0714. The van der Waals surface area contributed by atoms with Gasteiger partial charge in [0.25, 0.3) is 0 Å². The van der Waals surface area contributed by atoms with Crippen molar-refractivity contribution in [2.45, 2.75) is 12.3 Å². The first-order chi connectivity index (χ1) is 13.8. The van der Waals surface area contributed by atoms with Gasteiger partial charge < -0.3 is 0 Å².